The molecule has 2 N–H and O–H groups in total. The highest BCUT2D eigenvalue weighted by Gasteiger charge is 2.12. The van der Waals surface area contributed by atoms with Gasteiger partial charge >= 0.3 is 5.97 Å². The van der Waals surface area contributed by atoms with Gasteiger partial charge in [0.2, 0.25) is 0 Å². The van der Waals surface area contributed by atoms with Gasteiger partial charge in [0.1, 0.15) is 5.56 Å². The number of hydrogen-bond donors (Lipinski definition) is 2. The van der Waals surface area contributed by atoms with Gasteiger partial charge in [0, 0.05) is 12.7 Å². The number of carbonyl (C=O) groups is 2. The molecule has 6 nitrogen and oxygen atoms in total. The number of carboxylic acid groups (broad SMARTS) is 1. The van der Waals surface area contributed by atoms with Crippen LogP contribution in [-0.4, -0.2) is 21.6 Å². The molecule has 2 aromatic carbocycles. The maximum atomic E-state index is 12.6. The van der Waals surface area contributed by atoms with Crippen LogP contribution >= 0.6 is 0 Å². The number of aromatic nitrogens is 1. The average molecular weight is 362 g/mol. The number of rotatable bonds is 6. The molecular weight excluding hydrogens is 344 g/mol. The Morgan fingerprint density at radius 3 is 2.41 bits per heavy atom. The fourth-order valence-corrected chi connectivity index (χ4v) is 2.71. The Morgan fingerprint density at radius 2 is 1.67 bits per heavy atom. The molecule has 6 heteroatoms. The smallest absolute Gasteiger partial charge is 0.335 e. The number of hydrogen-bond acceptors (Lipinski definition) is 3. The summed E-state index contributed by atoms with van der Waals surface area (Å²) in [4.78, 5) is 36.0. The third-order valence-corrected chi connectivity index (χ3v) is 4.09. The molecule has 136 valence electrons. The SMILES string of the molecule is O=C(O)c1cccc(CNC(=O)c2cccn(Cc3ccccc3)c2=O)c1. The van der Waals surface area contributed by atoms with Crippen molar-refractivity contribution in [2.45, 2.75) is 13.1 Å². The normalized spacial score (nSPS) is 10.4. The highest BCUT2D eigenvalue weighted by Crippen LogP contribution is 2.06. The van der Waals surface area contributed by atoms with E-state index in [0.717, 1.165) is 5.56 Å². The molecule has 0 atom stereocenters. The van der Waals surface area contributed by atoms with Crippen molar-refractivity contribution in [1.29, 1.82) is 0 Å². The van der Waals surface area contributed by atoms with E-state index >= 15 is 0 Å². The average Bonchev–Trinajstić information content (AvgIpc) is 2.69. The molecule has 0 radical (unpaired) electrons. The van der Waals surface area contributed by atoms with Gasteiger partial charge in [-0.25, -0.2) is 4.79 Å². The van der Waals surface area contributed by atoms with Crippen LogP contribution < -0.4 is 10.9 Å². The number of nitrogens with one attached hydrogen (secondary N) is 1. The summed E-state index contributed by atoms with van der Waals surface area (Å²) in [5.41, 5.74) is 1.42. The highest BCUT2D eigenvalue weighted by molar-refractivity contribution is 5.93. The number of aromatic carboxylic acids is 1. The molecular formula is C21H18N2O4. The van der Waals surface area contributed by atoms with Gasteiger partial charge in [-0.2, -0.15) is 0 Å². The van der Waals surface area contributed by atoms with Crippen LogP contribution in [0.4, 0.5) is 0 Å². The number of carbonyl (C=O) groups excluding carboxylic acids is 1. The second-order valence-corrected chi connectivity index (χ2v) is 6.03. The second-order valence-electron chi connectivity index (χ2n) is 6.03. The monoisotopic (exact) mass is 362 g/mol. The third kappa shape index (κ3) is 4.49. The summed E-state index contributed by atoms with van der Waals surface area (Å²) in [5.74, 6) is -1.53. The lowest BCUT2D eigenvalue weighted by Gasteiger charge is -2.09. The molecule has 1 heterocycles. The fraction of sp³-hybridized carbons (Fsp3) is 0.0952. The summed E-state index contributed by atoms with van der Waals surface area (Å²) in [7, 11) is 0. The van der Waals surface area contributed by atoms with Crippen LogP contribution in [0.1, 0.15) is 31.8 Å². The van der Waals surface area contributed by atoms with E-state index < -0.39 is 11.9 Å². The number of carboxylic acids is 1. The molecule has 0 unspecified atom stereocenters. The lowest BCUT2D eigenvalue weighted by atomic mass is 10.1. The minimum Gasteiger partial charge on any atom is -0.478 e. The highest BCUT2D eigenvalue weighted by atomic mass is 16.4. The Labute approximate surface area is 155 Å². The standard InChI is InChI=1S/C21H18N2O4/c24-19(22-13-16-8-4-9-17(12-16)21(26)27)18-10-5-11-23(20(18)25)14-15-6-2-1-3-7-15/h1-12H,13-14H2,(H,22,24)(H,26,27). The molecule has 0 aliphatic heterocycles. The van der Waals surface area contributed by atoms with Gasteiger partial charge in [-0.3, -0.25) is 9.59 Å². The van der Waals surface area contributed by atoms with E-state index in [4.69, 9.17) is 5.11 Å². The first-order valence-corrected chi connectivity index (χ1v) is 8.38. The molecule has 1 amide bonds. The maximum absolute atomic E-state index is 12.6. The Morgan fingerprint density at radius 1 is 0.926 bits per heavy atom. The molecule has 0 bridgehead atoms. The van der Waals surface area contributed by atoms with Crippen molar-refractivity contribution in [2.24, 2.45) is 0 Å². The maximum Gasteiger partial charge on any atom is 0.335 e. The van der Waals surface area contributed by atoms with Crippen LogP contribution in [0, 0.1) is 0 Å². The molecule has 0 saturated heterocycles. The first-order valence-electron chi connectivity index (χ1n) is 8.38. The summed E-state index contributed by atoms with van der Waals surface area (Å²) in [6, 6.07) is 18.9. The van der Waals surface area contributed by atoms with Crippen molar-refractivity contribution >= 4 is 11.9 Å². The van der Waals surface area contributed by atoms with Gasteiger partial charge in [0.25, 0.3) is 11.5 Å². The molecule has 3 aromatic rings. The minimum absolute atomic E-state index is 0.0443. The summed E-state index contributed by atoms with van der Waals surface area (Å²) in [6.45, 7) is 0.508. The van der Waals surface area contributed by atoms with E-state index in [1.807, 2.05) is 30.3 Å². The zero-order valence-electron chi connectivity index (χ0n) is 14.5. The molecule has 0 spiro atoms. The predicted octanol–water partition coefficient (Wildman–Crippen LogP) is 2.52. The van der Waals surface area contributed by atoms with Crippen LogP contribution in [0.3, 0.4) is 0 Å². The van der Waals surface area contributed by atoms with E-state index in [0.29, 0.717) is 12.1 Å². The van der Waals surface area contributed by atoms with Crippen molar-refractivity contribution in [3.8, 4) is 0 Å². The Balaban J connectivity index is 1.73. The molecule has 0 aliphatic rings. The zero-order valence-corrected chi connectivity index (χ0v) is 14.5. The van der Waals surface area contributed by atoms with Gasteiger partial charge < -0.3 is 15.0 Å². The Bertz CT molecular complexity index is 1030. The summed E-state index contributed by atoms with van der Waals surface area (Å²) < 4.78 is 1.48. The Kier molecular flexibility index (Phi) is 5.47. The topological polar surface area (TPSA) is 88.4 Å². The van der Waals surface area contributed by atoms with Crippen molar-refractivity contribution in [1.82, 2.24) is 9.88 Å². The van der Waals surface area contributed by atoms with Gasteiger partial charge in [0.05, 0.1) is 12.1 Å². The number of benzene rings is 2. The van der Waals surface area contributed by atoms with Crippen LogP contribution in [0.5, 0.6) is 0 Å². The molecule has 1 aromatic heterocycles. The summed E-state index contributed by atoms with van der Waals surface area (Å²) >= 11 is 0. The Hall–Kier alpha value is -3.67. The van der Waals surface area contributed by atoms with Crippen molar-refractivity contribution in [3.05, 3.63) is 106 Å². The molecule has 27 heavy (non-hydrogen) atoms. The first-order chi connectivity index (χ1) is 13.0. The number of nitrogens with zero attached hydrogens (tertiary/aromatic N) is 1. The van der Waals surface area contributed by atoms with Crippen LogP contribution in [-0.2, 0) is 13.1 Å². The van der Waals surface area contributed by atoms with E-state index in [1.165, 1.54) is 22.8 Å². The quantitative estimate of drug-likeness (QED) is 0.705. The third-order valence-electron chi connectivity index (χ3n) is 4.09. The van der Waals surface area contributed by atoms with Crippen molar-refractivity contribution in [3.63, 3.8) is 0 Å². The van der Waals surface area contributed by atoms with Gasteiger partial charge in [-0.15, -0.1) is 0 Å². The van der Waals surface area contributed by atoms with Crippen LogP contribution in [0.2, 0.25) is 0 Å². The fourth-order valence-electron chi connectivity index (χ4n) is 2.71. The molecule has 0 aliphatic carbocycles. The molecule has 0 fully saturated rings. The van der Waals surface area contributed by atoms with Crippen LogP contribution in [0.25, 0.3) is 0 Å². The van der Waals surface area contributed by atoms with E-state index in [1.54, 1.807) is 24.4 Å². The van der Waals surface area contributed by atoms with Crippen molar-refractivity contribution < 1.29 is 14.7 Å². The number of amides is 1. The van der Waals surface area contributed by atoms with Gasteiger partial charge in [0.15, 0.2) is 0 Å². The van der Waals surface area contributed by atoms with E-state index in [9.17, 15) is 14.4 Å². The minimum atomic E-state index is -1.03. The second kappa shape index (κ2) is 8.14. The lowest BCUT2D eigenvalue weighted by molar-refractivity contribution is 0.0696. The predicted molar refractivity (Wildman–Crippen MR) is 101 cm³/mol. The largest absolute Gasteiger partial charge is 0.478 e. The van der Waals surface area contributed by atoms with Gasteiger partial charge in [-0.1, -0.05) is 42.5 Å². The van der Waals surface area contributed by atoms with Crippen molar-refractivity contribution in [2.75, 3.05) is 0 Å². The molecule has 3 rings (SSSR count). The van der Waals surface area contributed by atoms with Crippen LogP contribution in [0.15, 0.2) is 77.7 Å². The van der Waals surface area contributed by atoms with Gasteiger partial charge in [-0.05, 0) is 35.4 Å². The lowest BCUT2D eigenvalue weighted by Crippen LogP contribution is -2.32. The zero-order chi connectivity index (χ0) is 19.2. The van der Waals surface area contributed by atoms with E-state index in [2.05, 4.69) is 5.32 Å². The number of pyridine rings is 1. The van der Waals surface area contributed by atoms with E-state index in [-0.39, 0.29) is 23.2 Å². The summed E-state index contributed by atoms with van der Waals surface area (Å²) in [6.07, 6.45) is 1.64. The first kappa shape index (κ1) is 18.1. The summed E-state index contributed by atoms with van der Waals surface area (Å²) in [5, 5.41) is 11.7. The molecule has 0 saturated carbocycles.